The van der Waals surface area contributed by atoms with E-state index in [1.165, 1.54) is 0 Å². The number of rotatable bonds is 5. The van der Waals surface area contributed by atoms with E-state index in [-0.39, 0.29) is 29.0 Å². The molecule has 2 aliphatic heterocycles. The van der Waals surface area contributed by atoms with Gasteiger partial charge in [0.15, 0.2) is 0 Å². The van der Waals surface area contributed by atoms with E-state index >= 15 is 0 Å². The molecule has 30 heavy (non-hydrogen) atoms. The van der Waals surface area contributed by atoms with Gasteiger partial charge in [0, 0.05) is 37.2 Å². The summed E-state index contributed by atoms with van der Waals surface area (Å²) >= 11 is 0. The molecule has 1 aromatic carbocycles. The van der Waals surface area contributed by atoms with Crippen LogP contribution >= 0.6 is 0 Å². The summed E-state index contributed by atoms with van der Waals surface area (Å²) in [6.07, 6.45) is 4.97. The lowest BCUT2D eigenvalue weighted by Gasteiger charge is -2.36. The predicted octanol–water partition coefficient (Wildman–Crippen LogP) is 2.71. The van der Waals surface area contributed by atoms with Crippen LogP contribution in [0.3, 0.4) is 0 Å². The predicted molar refractivity (Wildman–Crippen MR) is 114 cm³/mol. The quantitative estimate of drug-likeness (QED) is 0.739. The van der Waals surface area contributed by atoms with Gasteiger partial charge in [-0.3, -0.25) is 9.78 Å². The third-order valence-electron chi connectivity index (χ3n) is 7.01. The molecule has 3 aliphatic rings. The van der Waals surface area contributed by atoms with Crippen LogP contribution in [0.5, 0.6) is 0 Å². The van der Waals surface area contributed by atoms with Crippen LogP contribution in [-0.4, -0.2) is 52.9 Å². The van der Waals surface area contributed by atoms with E-state index in [0.717, 1.165) is 36.9 Å². The molecule has 3 fully saturated rings. The van der Waals surface area contributed by atoms with Crippen LogP contribution in [-0.2, 0) is 26.8 Å². The Balaban J connectivity index is 1.50. The van der Waals surface area contributed by atoms with Crippen LogP contribution in [0.25, 0.3) is 0 Å². The van der Waals surface area contributed by atoms with Crippen LogP contribution in [0.1, 0.15) is 43.4 Å². The lowest BCUT2D eigenvalue weighted by molar-refractivity contribution is -0.131. The minimum atomic E-state index is -3.35. The first-order chi connectivity index (χ1) is 14.5. The minimum Gasteiger partial charge on any atom is -0.337 e. The van der Waals surface area contributed by atoms with E-state index in [2.05, 4.69) is 17.1 Å². The van der Waals surface area contributed by atoms with Crippen molar-refractivity contribution >= 4 is 15.9 Å². The maximum Gasteiger partial charge on any atom is 0.224 e. The number of carbonyl (C=O) groups excluding carboxylic acids is 1. The molecule has 0 bridgehead atoms. The first-order valence-corrected chi connectivity index (χ1v) is 12.2. The first-order valence-electron chi connectivity index (χ1n) is 10.7. The number of benzene rings is 1. The number of nitrogens with zero attached hydrogens (tertiary/aromatic N) is 3. The molecule has 1 saturated carbocycles. The highest BCUT2D eigenvalue weighted by Gasteiger charge is 2.56. The molecule has 1 amide bonds. The number of sulfonamides is 1. The van der Waals surface area contributed by atoms with Gasteiger partial charge in [-0.25, -0.2) is 8.42 Å². The van der Waals surface area contributed by atoms with Crippen LogP contribution in [0, 0.1) is 0 Å². The van der Waals surface area contributed by atoms with E-state index in [0.29, 0.717) is 19.6 Å². The number of hydrogen-bond acceptors (Lipinski definition) is 4. The Kier molecular flexibility index (Phi) is 4.90. The molecule has 7 heteroatoms. The second-order valence-electron chi connectivity index (χ2n) is 8.73. The van der Waals surface area contributed by atoms with Crippen LogP contribution in [0.2, 0.25) is 0 Å². The zero-order valence-corrected chi connectivity index (χ0v) is 17.8. The highest BCUT2D eigenvalue weighted by atomic mass is 32.2. The van der Waals surface area contributed by atoms with Gasteiger partial charge in [-0.2, -0.15) is 4.31 Å². The molecule has 158 valence electrons. The van der Waals surface area contributed by atoms with E-state index in [1.54, 1.807) is 10.5 Å². The molecule has 5 rings (SSSR count). The normalized spacial score (nSPS) is 27.7. The highest BCUT2D eigenvalue weighted by Crippen LogP contribution is 2.49. The molecule has 2 aromatic rings. The zero-order chi connectivity index (χ0) is 20.8. The molecule has 0 radical (unpaired) electrons. The number of fused-ring (bicyclic) bond motifs is 1. The molecular weight excluding hydrogens is 398 g/mol. The number of likely N-dealkylation sites (tertiary alicyclic amines) is 1. The van der Waals surface area contributed by atoms with Crippen LogP contribution in [0.4, 0.5) is 0 Å². The number of amides is 1. The summed E-state index contributed by atoms with van der Waals surface area (Å²) < 4.78 is 28.1. The van der Waals surface area contributed by atoms with Crippen molar-refractivity contribution in [1.82, 2.24) is 14.2 Å². The summed E-state index contributed by atoms with van der Waals surface area (Å²) in [5, 5.41) is -0.257. The smallest absolute Gasteiger partial charge is 0.224 e. The average Bonchev–Trinajstić information content (AvgIpc) is 3.57. The van der Waals surface area contributed by atoms with Crippen molar-refractivity contribution in [2.75, 3.05) is 13.1 Å². The van der Waals surface area contributed by atoms with Crippen molar-refractivity contribution < 1.29 is 13.2 Å². The second-order valence-corrected chi connectivity index (χ2v) is 10.9. The maximum atomic E-state index is 13.3. The first kappa shape index (κ1) is 19.7. The number of aromatic nitrogens is 1. The summed E-state index contributed by atoms with van der Waals surface area (Å²) in [7, 11) is -3.35. The molecule has 0 unspecified atom stereocenters. The van der Waals surface area contributed by atoms with Crippen molar-refractivity contribution in [3.05, 3.63) is 66.0 Å². The average molecular weight is 426 g/mol. The van der Waals surface area contributed by atoms with Gasteiger partial charge >= 0.3 is 0 Å². The zero-order valence-electron chi connectivity index (χ0n) is 17.0. The Morgan fingerprint density at radius 1 is 1.00 bits per heavy atom. The molecule has 0 N–H and O–H groups in total. The number of pyridine rings is 1. The van der Waals surface area contributed by atoms with Crippen molar-refractivity contribution in [3.63, 3.8) is 0 Å². The van der Waals surface area contributed by atoms with Gasteiger partial charge < -0.3 is 4.90 Å². The van der Waals surface area contributed by atoms with E-state index in [9.17, 15) is 13.2 Å². The number of hydrogen-bond donors (Lipinski definition) is 0. The minimum absolute atomic E-state index is 0.0151. The molecular formula is C23H27N3O3S. The second kappa shape index (κ2) is 7.46. The summed E-state index contributed by atoms with van der Waals surface area (Å²) in [4.78, 5) is 19.5. The lowest BCUT2D eigenvalue weighted by atomic mass is 9.71. The fourth-order valence-electron chi connectivity index (χ4n) is 5.22. The van der Waals surface area contributed by atoms with E-state index < -0.39 is 10.0 Å². The monoisotopic (exact) mass is 425 g/mol. The third kappa shape index (κ3) is 3.34. The van der Waals surface area contributed by atoms with Gasteiger partial charge in [-0.15, -0.1) is 0 Å². The molecule has 3 heterocycles. The Hall–Kier alpha value is -2.25. The summed E-state index contributed by atoms with van der Waals surface area (Å²) in [5.41, 5.74) is 1.68. The molecule has 0 spiro atoms. The molecule has 1 aromatic heterocycles. The Morgan fingerprint density at radius 3 is 2.43 bits per heavy atom. The lowest BCUT2D eigenvalue weighted by Crippen LogP contribution is -2.46. The van der Waals surface area contributed by atoms with Crippen LogP contribution in [0.15, 0.2) is 54.7 Å². The fourth-order valence-corrected chi connectivity index (χ4v) is 7.31. The molecule has 2 saturated heterocycles. The Morgan fingerprint density at radius 2 is 1.73 bits per heavy atom. The maximum absolute atomic E-state index is 13.3. The van der Waals surface area contributed by atoms with Gasteiger partial charge in [0.25, 0.3) is 0 Å². The van der Waals surface area contributed by atoms with Gasteiger partial charge in [-0.1, -0.05) is 36.4 Å². The number of carbonyl (C=O) groups is 1. The molecule has 2 atom stereocenters. The van der Waals surface area contributed by atoms with Gasteiger partial charge in [-0.05, 0) is 43.4 Å². The van der Waals surface area contributed by atoms with E-state index in [4.69, 9.17) is 0 Å². The Labute approximate surface area is 178 Å². The Bertz CT molecular complexity index is 1020. The van der Waals surface area contributed by atoms with Crippen LogP contribution < -0.4 is 0 Å². The SMILES string of the molecule is O=C1C[C@H]2N(S(=O)(=O)C3CC3)CC[C@]2(c2ccccc2)CCN1Cc1ccccn1. The topological polar surface area (TPSA) is 70.6 Å². The third-order valence-corrected chi connectivity index (χ3v) is 9.42. The summed E-state index contributed by atoms with van der Waals surface area (Å²) in [6, 6.07) is 15.6. The molecule has 1 aliphatic carbocycles. The van der Waals surface area contributed by atoms with Crippen molar-refractivity contribution in [2.45, 2.75) is 55.4 Å². The summed E-state index contributed by atoms with van der Waals surface area (Å²) in [6.45, 7) is 1.58. The van der Waals surface area contributed by atoms with Gasteiger partial charge in [0.2, 0.25) is 15.9 Å². The largest absolute Gasteiger partial charge is 0.337 e. The van der Waals surface area contributed by atoms with E-state index in [1.807, 2.05) is 41.3 Å². The van der Waals surface area contributed by atoms with Crippen molar-refractivity contribution in [2.24, 2.45) is 0 Å². The highest BCUT2D eigenvalue weighted by molar-refractivity contribution is 7.90. The fraction of sp³-hybridized carbons (Fsp3) is 0.478. The van der Waals surface area contributed by atoms with Crippen molar-refractivity contribution in [3.8, 4) is 0 Å². The van der Waals surface area contributed by atoms with Gasteiger partial charge in [0.1, 0.15) is 0 Å². The summed E-state index contributed by atoms with van der Waals surface area (Å²) in [5.74, 6) is 0.0151. The molecule has 6 nitrogen and oxygen atoms in total. The van der Waals surface area contributed by atoms with Gasteiger partial charge in [0.05, 0.1) is 17.5 Å². The van der Waals surface area contributed by atoms with Crippen molar-refractivity contribution in [1.29, 1.82) is 0 Å². The standard InChI is InChI=1S/C23H27N3O3S/c27-22-16-21-23(18-6-2-1-3-7-18,12-15-26(21)30(28,29)20-9-10-20)11-14-25(22)17-19-8-4-5-13-24-19/h1-8,13,20-21H,9-12,14-17H2/t21-,23+/m1/s1.